The number of hydrogen-bond donors (Lipinski definition) is 0. The van der Waals surface area contributed by atoms with E-state index in [9.17, 15) is 5.26 Å². The van der Waals surface area contributed by atoms with E-state index in [0.717, 1.165) is 72.3 Å². The van der Waals surface area contributed by atoms with Crippen molar-refractivity contribution in [3.63, 3.8) is 0 Å². The highest BCUT2D eigenvalue weighted by molar-refractivity contribution is 6.15. The van der Waals surface area contributed by atoms with Crippen LogP contribution in [0.4, 0.5) is 0 Å². The maximum atomic E-state index is 10.5. The van der Waals surface area contributed by atoms with Crippen LogP contribution >= 0.6 is 0 Å². The normalized spacial score (nSPS) is 11.2. The number of rotatable bonds is 8. The fraction of sp³-hybridized carbons (Fsp3) is 0. The van der Waals surface area contributed by atoms with E-state index >= 15 is 0 Å². The molecule has 0 amide bonds. The second-order valence-electron chi connectivity index (χ2n) is 17.0. The van der Waals surface area contributed by atoms with E-state index in [1.807, 2.05) is 48.5 Å². The van der Waals surface area contributed by atoms with Crippen molar-refractivity contribution in [2.24, 2.45) is 0 Å². The summed E-state index contributed by atoms with van der Waals surface area (Å²) in [7, 11) is 0. The molecule has 0 fully saturated rings. The molecule has 0 aliphatic rings. The molecule has 0 saturated heterocycles. The van der Waals surface area contributed by atoms with Gasteiger partial charge < -0.3 is 0 Å². The van der Waals surface area contributed by atoms with E-state index in [-0.39, 0.29) is 0 Å². The molecule has 0 aliphatic carbocycles. The second kappa shape index (κ2) is 17.2. The van der Waals surface area contributed by atoms with Gasteiger partial charge in [0, 0.05) is 22.3 Å². The Morgan fingerprint density at radius 1 is 0.265 bits per heavy atom. The minimum absolute atomic E-state index is 0.599. The Labute approximate surface area is 394 Å². The van der Waals surface area contributed by atoms with E-state index < -0.39 is 0 Å². The van der Waals surface area contributed by atoms with Crippen molar-refractivity contribution in [2.45, 2.75) is 0 Å². The van der Waals surface area contributed by atoms with E-state index in [4.69, 9.17) is 15.0 Å². The second-order valence-corrected chi connectivity index (χ2v) is 17.0. The Kier molecular flexibility index (Phi) is 10.2. The molecule has 0 radical (unpaired) electrons. The van der Waals surface area contributed by atoms with Gasteiger partial charge >= 0.3 is 0 Å². The molecule has 0 atom stereocenters. The zero-order valence-electron chi connectivity index (χ0n) is 36.9. The summed E-state index contributed by atoms with van der Waals surface area (Å²) in [6.07, 6.45) is 0. The number of nitrogens with zero attached hydrogens (tertiary/aromatic N) is 4. The molecule has 68 heavy (non-hydrogen) atoms. The van der Waals surface area contributed by atoms with Crippen LogP contribution in [0.1, 0.15) is 5.56 Å². The summed E-state index contributed by atoms with van der Waals surface area (Å²) in [5.74, 6) is 1.83. The van der Waals surface area contributed by atoms with Gasteiger partial charge in [-0.05, 0) is 101 Å². The first-order valence-corrected chi connectivity index (χ1v) is 22.8. The molecule has 316 valence electrons. The summed E-state index contributed by atoms with van der Waals surface area (Å²) in [5, 5.41) is 17.8. The van der Waals surface area contributed by atoms with Crippen LogP contribution in [-0.2, 0) is 0 Å². The monoisotopic (exact) mass is 864 g/mol. The maximum absolute atomic E-state index is 10.5. The number of hydrogen-bond acceptors (Lipinski definition) is 4. The summed E-state index contributed by atoms with van der Waals surface area (Å²) >= 11 is 0. The van der Waals surface area contributed by atoms with Gasteiger partial charge in [0.05, 0.1) is 11.6 Å². The zero-order chi connectivity index (χ0) is 45.4. The van der Waals surface area contributed by atoms with E-state index in [2.05, 4.69) is 200 Å². The lowest BCUT2D eigenvalue weighted by Crippen LogP contribution is -2.01. The van der Waals surface area contributed by atoms with Crippen LogP contribution < -0.4 is 0 Å². The molecule has 0 spiro atoms. The van der Waals surface area contributed by atoms with Crippen molar-refractivity contribution < 1.29 is 0 Å². The standard InChI is InChI=1S/C64H40N4/c65-41-51-20-14-28-58(55-24-10-12-26-57(55)60-40-49-19-6-7-21-52(49)54-23-9-11-25-56(54)60)61(51)45-34-29-43(30-35-45)44-31-36-47(37-32-44)63-66-62(46-16-2-1-3-17-46)67-64(68-63)59-27-13-8-22-53(59)50-38-33-42-15-4-5-18-48(42)39-50/h1-40H. The largest absolute Gasteiger partial charge is 0.208 e. The van der Waals surface area contributed by atoms with Gasteiger partial charge in [-0.15, -0.1) is 0 Å². The van der Waals surface area contributed by atoms with Gasteiger partial charge in [0.1, 0.15) is 0 Å². The van der Waals surface area contributed by atoms with Gasteiger partial charge in [-0.3, -0.25) is 0 Å². The third-order valence-corrected chi connectivity index (χ3v) is 13.0. The summed E-state index contributed by atoms with van der Waals surface area (Å²) < 4.78 is 0. The molecule has 12 aromatic rings. The zero-order valence-corrected chi connectivity index (χ0v) is 36.9. The fourth-order valence-corrected chi connectivity index (χ4v) is 9.68. The van der Waals surface area contributed by atoms with Crippen LogP contribution in [0.3, 0.4) is 0 Å². The molecule has 4 heteroatoms. The van der Waals surface area contributed by atoms with Gasteiger partial charge in [0.25, 0.3) is 0 Å². The maximum Gasteiger partial charge on any atom is 0.164 e. The lowest BCUT2D eigenvalue weighted by molar-refractivity contribution is 1.07. The Morgan fingerprint density at radius 3 is 1.46 bits per heavy atom. The van der Waals surface area contributed by atoms with Gasteiger partial charge in [-0.2, -0.15) is 5.26 Å². The fourth-order valence-electron chi connectivity index (χ4n) is 9.68. The molecular formula is C64H40N4. The molecule has 0 aliphatic heterocycles. The number of benzene rings is 11. The van der Waals surface area contributed by atoms with Crippen molar-refractivity contribution in [1.82, 2.24) is 15.0 Å². The summed E-state index contributed by atoms with van der Waals surface area (Å²) in [5.41, 5.74) is 13.9. The topological polar surface area (TPSA) is 62.5 Å². The highest BCUT2D eigenvalue weighted by Crippen LogP contribution is 2.44. The number of fused-ring (bicyclic) bond motifs is 4. The van der Waals surface area contributed by atoms with Gasteiger partial charge in [-0.1, -0.05) is 224 Å². The number of nitriles is 1. The number of aromatic nitrogens is 3. The lowest BCUT2D eigenvalue weighted by Gasteiger charge is -2.18. The molecule has 0 unspecified atom stereocenters. The highest BCUT2D eigenvalue weighted by atomic mass is 15.0. The van der Waals surface area contributed by atoms with E-state index in [1.165, 1.54) is 32.3 Å². The molecule has 0 saturated carbocycles. The Bertz CT molecular complexity index is 3910. The quantitative estimate of drug-likeness (QED) is 0.143. The summed E-state index contributed by atoms with van der Waals surface area (Å²) in [6, 6.07) is 87.0. The Morgan fingerprint density at radius 2 is 0.750 bits per heavy atom. The van der Waals surface area contributed by atoms with Crippen molar-refractivity contribution in [3.8, 4) is 95.9 Å². The van der Waals surface area contributed by atoms with Gasteiger partial charge in [-0.25, -0.2) is 15.0 Å². The van der Waals surface area contributed by atoms with E-state index in [0.29, 0.717) is 23.0 Å². The van der Waals surface area contributed by atoms with Gasteiger partial charge in [0.15, 0.2) is 17.5 Å². The summed E-state index contributed by atoms with van der Waals surface area (Å²) in [4.78, 5) is 15.3. The van der Waals surface area contributed by atoms with Crippen LogP contribution in [0.2, 0.25) is 0 Å². The van der Waals surface area contributed by atoms with Crippen LogP contribution in [0.5, 0.6) is 0 Å². The predicted molar refractivity (Wildman–Crippen MR) is 281 cm³/mol. The van der Waals surface area contributed by atoms with Crippen molar-refractivity contribution in [1.29, 1.82) is 5.26 Å². The Hall–Kier alpha value is -9.30. The van der Waals surface area contributed by atoms with Crippen LogP contribution in [0.25, 0.3) is 122 Å². The minimum atomic E-state index is 0.599. The smallest absolute Gasteiger partial charge is 0.164 e. The SMILES string of the molecule is N#Cc1cccc(-c2ccccc2-c2cc3ccccc3c3ccccc23)c1-c1ccc(-c2ccc(-c3nc(-c4ccccc4)nc(-c4ccccc4-c4ccc5ccccc5c4)n3)cc2)cc1. The first kappa shape index (κ1) is 40.2. The predicted octanol–water partition coefficient (Wildman–Crippen LogP) is 16.5. The van der Waals surface area contributed by atoms with Crippen molar-refractivity contribution >= 4 is 32.3 Å². The van der Waals surface area contributed by atoms with Crippen LogP contribution in [0, 0.1) is 11.3 Å². The summed E-state index contributed by atoms with van der Waals surface area (Å²) in [6.45, 7) is 0. The van der Waals surface area contributed by atoms with Crippen LogP contribution in [0.15, 0.2) is 243 Å². The van der Waals surface area contributed by atoms with Crippen molar-refractivity contribution in [3.05, 3.63) is 248 Å². The molecule has 0 bridgehead atoms. The molecule has 12 rings (SSSR count). The first-order valence-electron chi connectivity index (χ1n) is 22.8. The lowest BCUT2D eigenvalue weighted by atomic mass is 9.85. The average molecular weight is 865 g/mol. The molecular weight excluding hydrogens is 825 g/mol. The van der Waals surface area contributed by atoms with Crippen LogP contribution in [-0.4, -0.2) is 15.0 Å². The van der Waals surface area contributed by atoms with Crippen molar-refractivity contribution in [2.75, 3.05) is 0 Å². The van der Waals surface area contributed by atoms with Gasteiger partial charge in [0.2, 0.25) is 0 Å². The molecule has 11 aromatic carbocycles. The highest BCUT2D eigenvalue weighted by Gasteiger charge is 2.19. The molecule has 1 heterocycles. The average Bonchev–Trinajstić information content (AvgIpc) is 3.42. The molecule has 1 aromatic heterocycles. The first-order chi connectivity index (χ1) is 33.7. The third kappa shape index (κ3) is 7.35. The minimum Gasteiger partial charge on any atom is -0.208 e. The van der Waals surface area contributed by atoms with E-state index in [1.54, 1.807) is 0 Å². The molecule has 4 nitrogen and oxygen atoms in total. The molecule has 0 N–H and O–H groups in total. The third-order valence-electron chi connectivity index (χ3n) is 13.0. The Balaban J connectivity index is 0.901.